The van der Waals surface area contributed by atoms with Gasteiger partial charge < -0.3 is 15.1 Å². The molecule has 8 heteroatoms. The lowest BCUT2D eigenvalue weighted by Crippen LogP contribution is -2.35. The summed E-state index contributed by atoms with van der Waals surface area (Å²) in [4.78, 5) is 17.0. The van der Waals surface area contributed by atoms with E-state index in [1.54, 1.807) is 36.4 Å². The Balaban J connectivity index is 1.48. The summed E-state index contributed by atoms with van der Waals surface area (Å²) in [6.45, 7) is 4.35. The van der Waals surface area contributed by atoms with Crippen LogP contribution in [0.1, 0.15) is 37.3 Å². The van der Waals surface area contributed by atoms with E-state index in [-0.39, 0.29) is 17.4 Å². The summed E-state index contributed by atoms with van der Waals surface area (Å²) in [5.74, 6) is 0.684. The van der Waals surface area contributed by atoms with Crippen LogP contribution in [0.4, 0.5) is 5.69 Å². The summed E-state index contributed by atoms with van der Waals surface area (Å²) in [6.07, 6.45) is 1.23. The third kappa shape index (κ3) is 5.76. The fourth-order valence-corrected chi connectivity index (χ4v) is 3.99. The number of carbonyl (C=O) groups is 1. The van der Waals surface area contributed by atoms with Crippen LogP contribution in [-0.4, -0.2) is 16.0 Å². The van der Waals surface area contributed by atoms with Crippen LogP contribution in [-0.2, 0) is 11.2 Å². The molecule has 0 spiro atoms. The highest BCUT2D eigenvalue weighted by atomic mass is 35.5. The van der Waals surface area contributed by atoms with Crippen molar-refractivity contribution in [3.05, 3.63) is 81.8 Å². The number of aromatic nitrogens is 1. The average molecular weight is 512 g/mol. The monoisotopic (exact) mass is 511 g/mol. The molecule has 2 N–H and O–H groups in total. The van der Waals surface area contributed by atoms with Crippen molar-refractivity contribution in [2.45, 2.75) is 32.6 Å². The number of oxazole rings is 1. The van der Waals surface area contributed by atoms with Crippen molar-refractivity contribution in [2.24, 2.45) is 0 Å². The van der Waals surface area contributed by atoms with Crippen molar-refractivity contribution >= 4 is 63.2 Å². The van der Waals surface area contributed by atoms with Crippen LogP contribution in [0.25, 0.3) is 22.6 Å². The van der Waals surface area contributed by atoms with Crippen LogP contribution in [0.2, 0.25) is 10.0 Å². The normalized spacial score (nSPS) is 11.9. The lowest BCUT2D eigenvalue weighted by molar-refractivity contribution is -0.119. The number of benzene rings is 3. The zero-order valence-corrected chi connectivity index (χ0v) is 21.0. The Morgan fingerprint density at radius 3 is 2.59 bits per heavy atom. The maximum Gasteiger partial charge on any atom is 0.230 e. The zero-order chi connectivity index (χ0) is 24.2. The van der Waals surface area contributed by atoms with Gasteiger partial charge in [-0.2, -0.15) is 0 Å². The van der Waals surface area contributed by atoms with Gasteiger partial charge in [0.2, 0.25) is 11.8 Å². The largest absolute Gasteiger partial charge is 0.436 e. The van der Waals surface area contributed by atoms with Gasteiger partial charge in [0.1, 0.15) is 5.52 Å². The van der Waals surface area contributed by atoms with E-state index < -0.39 is 0 Å². The SMILES string of the molecule is CCC(C)c1ccc2oc(-c3ccc(Cl)c(NC(=S)NC(=O)Cc4ccc(Cl)cc4)c3)nc2c1. The number of fused-ring (bicyclic) bond motifs is 1. The van der Waals surface area contributed by atoms with Gasteiger partial charge in [-0.25, -0.2) is 4.98 Å². The number of nitrogens with one attached hydrogen (secondary N) is 2. The van der Waals surface area contributed by atoms with E-state index in [1.807, 2.05) is 12.1 Å². The van der Waals surface area contributed by atoms with E-state index in [4.69, 9.17) is 39.8 Å². The molecule has 0 fully saturated rings. The van der Waals surface area contributed by atoms with Crippen molar-refractivity contribution in [3.8, 4) is 11.5 Å². The molecule has 3 aromatic carbocycles. The molecule has 0 bridgehead atoms. The quantitative estimate of drug-likeness (QED) is 0.264. The van der Waals surface area contributed by atoms with Gasteiger partial charge in [-0.1, -0.05) is 55.2 Å². The van der Waals surface area contributed by atoms with Crippen LogP contribution in [0.15, 0.2) is 65.1 Å². The Morgan fingerprint density at radius 2 is 1.85 bits per heavy atom. The Kier molecular flexibility index (Phi) is 7.51. The minimum absolute atomic E-state index is 0.147. The van der Waals surface area contributed by atoms with Gasteiger partial charge in [0.05, 0.1) is 17.1 Å². The van der Waals surface area contributed by atoms with Crippen LogP contribution >= 0.6 is 35.4 Å². The maximum atomic E-state index is 12.3. The molecule has 5 nitrogen and oxygen atoms in total. The molecule has 34 heavy (non-hydrogen) atoms. The van der Waals surface area contributed by atoms with Gasteiger partial charge in [0.25, 0.3) is 0 Å². The van der Waals surface area contributed by atoms with Gasteiger partial charge in [0, 0.05) is 10.6 Å². The topological polar surface area (TPSA) is 67.2 Å². The van der Waals surface area contributed by atoms with Crippen molar-refractivity contribution in [1.29, 1.82) is 0 Å². The highest BCUT2D eigenvalue weighted by molar-refractivity contribution is 7.80. The third-order valence-corrected chi connectivity index (χ3v) is 6.37. The van der Waals surface area contributed by atoms with Gasteiger partial charge in [-0.3, -0.25) is 4.79 Å². The molecule has 1 amide bonds. The number of hydrogen-bond acceptors (Lipinski definition) is 4. The summed E-state index contributed by atoms with van der Waals surface area (Å²) >= 11 is 17.6. The minimum Gasteiger partial charge on any atom is -0.436 e. The number of nitrogens with zero attached hydrogens (tertiary/aromatic N) is 1. The van der Waals surface area contributed by atoms with Crippen molar-refractivity contribution in [1.82, 2.24) is 10.3 Å². The molecule has 0 saturated carbocycles. The summed E-state index contributed by atoms with van der Waals surface area (Å²) in [5.41, 5.74) is 4.87. The number of amides is 1. The highest BCUT2D eigenvalue weighted by Gasteiger charge is 2.14. The zero-order valence-electron chi connectivity index (χ0n) is 18.7. The molecule has 0 aliphatic heterocycles. The molecular weight excluding hydrogens is 489 g/mol. The molecule has 1 unspecified atom stereocenters. The number of hydrogen-bond donors (Lipinski definition) is 2. The molecule has 1 atom stereocenters. The molecule has 4 rings (SSSR count). The number of rotatable bonds is 6. The molecule has 1 heterocycles. The predicted octanol–water partition coefficient (Wildman–Crippen LogP) is 7.37. The van der Waals surface area contributed by atoms with E-state index in [0.29, 0.717) is 27.5 Å². The third-order valence-electron chi connectivity index (χ3n) is 5.59. The Labute approximate surface area is 213 Å². The van der Waals surface area contributed by atoms with E-state index in [9.17, 15) is 4.79 Å². The number of thiocarbonyl (C=S) groups is 1. The Bertz CT molecular complexity index is 1350. The van der Waals surface area contributed by atoms with Crippen molar-refractivity contribution in [2.75, 3.05) is 5.32 Å². The molecule has 0 saturated heterocycles. The Morgan fingerprint density at radius 1 is 1.09 bits per heavy atom. The smallest absolute Gasteiger partial charge is 0.230 e. The van der Waals surface area contributed by atoms with E-state index in [1.165, 1.54) is 5.56 Å². The molecule has 174 valence electrons. The second-order valence-corrected chi connectivity index (χ2v) is 9.31. The summed E-state index contributed by atoms with van der Waals surface area (Å²) < 4.78 is 5.97. The number of halogens is 2. The fourth-order valence-electron chi connectivity index (χ4n) is 3.48. The average Bonchev–Trinajstić information content (AvgIpc) is 3.24. The Hall–Kier alpha value is -2.93. The van der Waals surface area contributed by atoms with Crippen LogP contribution in [0.5, 0.6) is 0 Å². The van der Waals surface area contributed by atoms with E-state index in [2.05, 4.69) is 41.6 Å². The highest BCUT2D eigenvalue weighted by Crippen LogP contribution is 2.31. The van der Waals surface area contributed by atoms with Crippen LogP contribution in [0, 0.1) is 0 Å². The standard InChI is InChI=1S/C26H23Cl2N3O2S/c1-3-15(2)17-7-11-23-22(13-17)29-25(33-23)18-6-10-20(28)21(14-18)30-26(34)31-24(32)12-16-4-8-19(27)9-5-16/h4-11,13-15H,3,12H2,1-2H3,(H2,30,31,32,34). The second-order valence-electron chi connectivity index (χ2n) is 8.06. The molecular formula is C26H23Cl2N3O2S. The van der Waals surface area contributed by atoms with E-state index >= 15 is 0 Å². The van der Waals surface area contributed by atoms with Crippen molar-refractivity contribution in [3.63, 3.8) is 0 Å². The second kappa shape index (κ2) is 10.6. The van der Waals surface area contributed by atoms with Gasteiger partial charge in [0.15, 0.2) is 10.7 Å². The first kappa shape index (κ1) is 24.2. The molecule has 4 aromatic rings. The number of carbonyl (C=O) groups excluding carboxylic acids is 1. The van der Waals surface area contributed by atoms with Crippen LogP contribution < -0.4 is 10.6 Å². The molecule has 0 aliphatic carbocycles. The summed E-state index contributed by atoms with van der Waals surface area (Å²) in [6, 6.07) is 18.5. The van der Waals surface area contributed by atoms with E-state index in [0.717, 1.165) is 28.6 Å². The van der Waals surface area contributed by atoms with Gasteiger partial charge in [-0.15, -0.1) is 0 Å². The first-order valence-corrected chi connectivity index (χ1v) is 12.0. The first-order valence-electron chi connectivity index (χ1n) is 10.9. The van der Waals surface area contributed by atoms with Crippen LogP contribution in [0.3, 0.4) is 0 Å². The fraction of sp³-hybridized carbons (Fsp3) is 0.192. The lowest BCUT2D eigenvalue weighted by Gasteiger charge is -2.12. The summed E-state index contributed by atoms with van der Waals surface area (Å²) in [5, 5.41) is 6.88. The molecule has 1 aromatic heterocycles. The maximum absolute atomic E-state index is 12.3. The van der Waals surface area contributed by atoms with Crippen molar-refractivity contribution < 1.29 is 9.21 Å². The first-order chi connectivity index (χ1) is 16.3. The molecule has 0 aliphatic rings. The summed E-state index contributed by atoms with van der Waals surface area (Å²) in [7, 11) is 0. The van der Waals surface area contributed by atoms with Gasteiger partial charge >= 0.3 is 0 Å². The number of anilines is 1. The lowest BCUT2D eigenvalue weighted by atomic mass is 9.98. The predicted molar refractivity (Wildman–Crippen MR) is 143 cm³/mol. The van der Waals surface area contributed by atoms with Gasteiger partial charge in [-0.05, 0) is 78.1 Å². The molecule has 0 radical (unpaired) electrons. The minimum atomic E-state index is -0.247.